The number of carbonyl (C=O) groups is 2. The molecule has 0 spiro atoms. The molecule has 1 aliphatic rings. The van der Waals surface area contributed by atoms with E-state index in [2.05, 4.69) is 41.3 Å². The van der Waals surface area contributed by atoms with Crippen molar-refractivity contribution in [1.82, 2.24) is 9.80 Å². The molecule has 1 saturated heterocycles. The van der Waals surface area contributed by atoms with Crippen molar-refractivity contribution in [2.24, 2.45) is 0 Å². The van der Waals surface area contributed by atoms with Crippen molar-refractivity contribution in [1.29, 1.82) is 0 Å². The van der Waals surface area contributed by atoms with Gasteiger partial charge in [0.05, 0.1) is 11.6 Å². The number of rotatable bonds is 7. The predicted molar refractivity (Wildman–Crippen MR) is 132 cm³/mol. The van der Waals surface area contributed by atoms with Gasteiger partial charge in [0.2, 0.25) is 0 Å². The van der Waals surface area contributed by atoms with Gasteiger partial charge in [-0.05, 0) is 78.9 Å². The molecule has 2 aromatic carbocycles. The van der Waals surface area contributed by atoms with E-state index in [1.807, 2.05) is 56.3 Å². The first-order chi connectivity index (χ1) is 14.8. The number of carbonyl (C=O) groups excluding carboxylic acids is 2. The number of likely N-dealkylation sites (tertiary alicyclic amines) is 1. The smallest absolute Gasteiger partial charge is 0.295 e. The summed E-state index contributed by atoms with van der Waals surface area (Å²) in [5, 5.41) is 11.3. The van der Waals surface area contributed by atoms with E-state index in [1.54, 1.807) is 4.90 Å². The second kappa shape index (κ2) is 9.96. The van der Waals surface area contributed by atoms with Gasteiger partial charge in [-0.1, -0.05) is 43.7 Å². The predicted octanol–water partition coefficient (Wildman–Crippen LogP) is 4.67. The van der Waals surface area contributed by atoms with Gasteiger partial charge in [0, 0.05) is 22.2 Å². The average molecular weight is 532 g/mol. The number of aryl methyl sites for hydroxylation is 2. The highest BCUT2D eigenvalue weighted by atomic mass is 127. The van der Waals surface area contributed by atoms with E-state index < -0.39 is 17.7 Å². The molecule has 1 heterocycles. The maximum atomic E-state index is 13.1. The van der Waals surface area contributed by atoms with Gasteiger partial charge in [0.15, 0.2) is 0 Å². The third-order valence-electron chi connectivity index (χ3n) is 5.93. The molecule has 0 aliphatic carbocycles. The van der Waals surface area contributed by atoms with Crippen molar-refractivity contribution in [2.45, 2.75) is 33.7 Å². The minimum atomic E-state index is -0.624. The maximum Gasteiger partial charge on any atom is 0.295 e. The average Bonchev–Trinajstić information content (AvgIpc) is 3.01. The molecule has 6 heteroatoms. The first kappa shape index (κ1) is 23.5. The number of Topliss-reactive ketones (excluding diaryl/α,β-unsaturated/α-hetero) is 1. The van der Waals surface area contributed by atoms with Gasteiger partial charge in [-0.25, -0.2) is 0 Å². The lowest BCUT2D eigenvalue weighted by Crippen LogP contribution is -2.38. The monoisotopic (exact) mass is 532 g/mol. The summed E-state index contributed by atoms with van der Waals surface area (Å²) in [5.74, 6) is -1.28. The Bertz CT molecular complexity index is 1010. The zero-order valence-corrected chi connectivity index (χ0v) is 20.6. The Labute approximate surface area is 197 Å². The number of hydrogen-bond acceptors (Lipinski definition) is 4. The number of likely N-dealkylation sites (N-methyl/N-ethyl adjacent to an activating group) is 1. The maximum absolute atomic E-state index is 13.1. The fourth-order valence-corrected chi connectivity index (χ4v) is 4.39. The fourth-order valence-electron chi connectivity index (χ4n) is 4.03. The van der Waals surface area contributed by atoms with Crippen LogP contribution in [0.4, 0.5) is 0 Å². The molecule has 1 N–H and O–H groups in total. The van der Waals surface area contributed by atoms with Gasteiger partial charge >= 0.3 is 0 Å². The van der Waals surface area contributed by atoms with Crippen LogP contribution in [0.25, 0.3) is 5.76 Å². The summed E-state index contributed by atoms with van der Waals surface area (Å²) in [7, 11) is 0. The molecule has 3 rings (SSSR count). The minimum Gasteiger partial charge on any atom is -0.507 e. The Morgan fingerprint density at radius 3 is 2.32 bits per heavy atom. The second-order valence-corrected chi connectivity index (χ2v) is 9.13. The summed E-state index contributed by atoms with van der Waals surface area (Å²) in [6.07, 6.45) is 0. The number of benzene rings is 2. The van der Waals surface area contributed by atoms with Crippen molar-refractivity contribution < 1.29 is 14.7 Å². The Kier molecular flexibility index (Phi) is 7.54. The van der Waals surface area contributed by atoms with Crippen LogP contribution in [0.3, 0.4) is 0 Å². The molecule has 1 aliphatic heterocycles. The molecule has 0 saturated carbocycles. The van der Waals surface area contributed by atoms with Crippen molar-refractivity contribution in [2.75, 3.05) is 26.2 Å². The van der Waals surface area contributed by atoms with E-state index in [0.717, 1.165) is 33.4 Å². The first-order valence-electron chi connectivity index (χ1n) is 10.6. The molecular weight excluding hydrogens is 503 g/mol. The number of aliphatic hydroxyl groups excluding tert-OH is 1. The third-order valence-corrected chi connectivity index (χ3v) is 6.64. The summed E-state index contributed by atoms with van der Waals surface area (Å²) in [4.78, 5) is 30.0. The lowest BCUT2D eigenvalue weighted by atomic mass is 9.93. The van der Waals surface area contributed by atoms with E-state index in [1.165, 1.54) is 0 Å². The van der Waals surface area contributed by atoms with Gasteiger partial charge in [0.25, 0.3) is 11.7 Å². The Hall–Kier alpha value is -2.19. The van der Waals surface area contributed by atoms with Gasteiger partial charge in [0.1, 0.15) is 5.76 Å². The van der Waals surface area contributed by atoms with Crippen molar-refractivity contribution in [3.05, 3.63) is 73.9 Å². The highest BCUT2D eigenvalue weighted by molar-refractivity contribution is 14.1. The molecule has 2 aromatic rings. The molecule has 1 atom stereocenters. The van der Waals surface area contributed by atoms with Crippen molar-refractivity contribution >= 4 is 40.0 Å². The van der Waals surface area contributed by atoms with Crippen LogP contribution in [0.2, 0.25) is 0 Å². The quantitative estimate of drug-likeness (QED) is 0.244. The molecule has 0 bridgehead atoms. The molecular formula is C25H29IN2O3. The van der Waals surface area contributed by atoms with Gasteiger partial charge in [-0.3, -0.25) is 9.59 Å². The van der Waals surface area contributed by atoms with Crippen LogP contribution in [0.5, 0.6) is 0 Å². The summed E-state index contributed by atoms with van der Waals surface area (Å²) >= 11 is 2.23. The largest absolute Gasteiger partial charge is 0.507 e. The molecule has 164 valence electrons. The standard InChI is InChI=1S/C25H29IN2O3/c1-5-27(6-2)13-14-28-22(18-9-11-19(26)12-10-18)21(24(30)25(28)31)23(29)20-15-16(3)7-8-17(20)4/h7-12,15,22,29H,5-6,13-14H2,1-4H3. The zero-order valence-electron chi connectivity index (χ0n) is 18.5. The van der Waals surface area contributed by atoms with Crippen molar-refractivity contribution in [3.8, 4) is 0 Å². The lowest BCUT2D eigenvalue weighted by molar-refractivity contribution is -0.140. The van der Waals surface area contributed by atoms with Crippen LogP contribution in [0.1, 0.15) is 42.1 Å². The summed E-state index contributed by atoms with van der Waals surface area (Å²) in [6.45, 7) is 10.8. The van der Waals surface area contributed by atoms with Gasteiger partial charge < -0.3 is 14.9 Å². The molecule has 0 radical (unpaired) electrons. The Balaban J connectivity index is 2.13. The molecule has 0 aromatic heterocycles. The number of ketones is 1. The van der Waals surface area contributed by atoms with E-state index in [9.17, 15) is 14.7 Å². The van der Waals surface area contributed by atoms with E-state index in [4.69, 9.17) is 0 Å². The molecule has 31 heavy (non-hydrogen) atoms. The van der Waals surface area contributed by atoms with E-state index in [0.29, 0.717) is 18.7 Å². The SMILES string of the molecule is CCN(CC)CCN1C(=O)C(=O)C(=C(O)c2cc(C)ccc2C)C1c1ccc(I)cc1. The first-order valence-corrected chi connectivity index (χ1v) is 11.7. The summed E-state index contributed by atoms with van der Waals surface area (Å²) in [5.41, 5.74) is 3.43. The van der Waals surface area contributed by atoms with Crippen LogP contribution < -0.4 is 0 Å². The molecule has 1 unspecified atom stereocenters. The number of amides is 1. The number of nitrogens with zero attached hydrogens (tertiary/aromatic N) is 2. The number of halogens is 1. The van der Waals surface area contributed by atoms with Gasteiger partial charge in [-0.15, -0.1) is 0 Å². The lowest BCUT2D eigenvalue weighted by Gasteiger charge is -2.28. The Morgan fingerprint density at radius 1 is 1.06 bits per heavy atom. The zero-order chi connectivity index (χ0) is 22.7. The van der Waals surface area contributed by atoms with Gasteiger partial charge in [-0.2, -0.15) is 0 Å². The van der Waals surface area contributed by atoms with E-state index >= 15 is 0 Å². The Morgan fingerprint density at radius 2 is 1.71 bits per heavy atom. The van der Waals surface area contributed by atoms with Crippen molar-refractivity contribution in [3.63, 3.8) is 0 Å². The summed E-state index contributed by atoms with van der Waals surface area (Å²) in [6, 6.07) is 12.9. The highest BCUT2D eigenvalue weighted by Gasteiger charge is 2.46. The van der Waals surface area contributed by atoms with Crippen LogP contribution in [0.15, 0.2) is 48.0 Å². The molecule has 1 fully saturated rings. The second-order valence-electron chi connectivity index (χ2n) is 7.89. The van der Waals surface area contributed by atoms with Crippen LogP contribution in [-0.2, 0) is 9.59 Å². The number of aliphatic hydroxyl groups is 1. The van der Waals surface area contributed by atoms with E-state index in [-0.39, 0.29) is 11.3 Å². The number of hydrogen-bond donors (Lipinski definition) is 1. The highest BCUT2D eigenvalue weighted by Crippen LogP contribution is 2.40. The molecule has 5 nitrogen and oxygen atoms in total. The van der Waals surface area contributed by atoms with Crippen LogP contribution in [-0.4, -0.2) is 52.8 Å². The van der Waals surface area contributed by atoms with Crippen LogP contribution in [0, 0.1) is 17.4 Å². The third kappa shape index (κ3) is 4.85. The normalized spacial score (nSPS) is 18.3. The molecule has 1 amide bonds. The minimum absolute atomic E-state index is 0.103. The summed E-state index contributed by atoms with van der Waals surface area (Å²) < 4.78 is 1.07. The van der Waals surface area contributed by atoms with Crippen LogP contribution >= 0.6 is 22.6 Å². The fraction of sp³-hybridized carbons (Fsp3) is 0.360. The topological polar surface area (TPSA) is 60.9 Å².